The minimum absolute atomic E-state index is 0.00696. The third-order valence-electron chi connectivity index (χ3n) is 18.4. The molecule has 496 valence electrons. The fraction of sp³-hybridized carbons (Fsp3) is 0.471. The third kappa shape index (κ3) is 15.9. The van der Waals surface area contributed by atoms with Crippen LogP contribution in [-0.2, 0) is 31.8 Å². The van der Waals surface area contributed by atoms with Crippen molar-refractivity contribution < 1.29 is 76.6 Å². The van der Waals surface area contributed by atoms with Crippen molar-refractivity contribution in [2.24, 2.45) is 11.5 Å². The number of aliphatic hydroxyl groups excluding tert-OH is 6. The smallest absolute Gasteiger partial charge is 0.132 e. The van der Waals surface area contributed by atoms with Crippen LogP contribution in [0.3, 0.4) is 0 Å². The van der Waals surface area contributed by atoms with E-state index in [2.05, 4.69) is 9.80 Å². The number of nitrogens with zero attached hydrogens (tertiary/aromatic N) is 2. The van der Waals surface area contributed by atoms with Crippen LogP contribution in [0.4, 0.5) is 17.6 Å². The molecule has 0 unspecified atom stereocenters. The lowest BCUT2D eigenvalue weighted by molar-refractivity contribution is -0.200. The van der Waals surface area contributed by atoms with Crippen molar-refractivity contribution in [2.75, 3.05) is 51.9 Å². The van der Waals surface area contributed by atoms with Gasteiger partial charge in [0.05, 0.1) is 13.2 Å². The Hall–Kier alpha value is -4.64. The molecule has 6 saturated heterocycles. The molecule has 92 heavy (non-hydrogen) atoms. The molecular weight excluding hydrogens is 1280 g/mol. The number of aliphatic hydroxyl groups is 6. The quantitative estimate of drug-likeness (QED) is 0.0423. The lowest BCUT2D eigenvalue weighted by Gasteiger charge is -2.40. The van der Waals surface area contributed by atoms with Crippen molar-refractivity contribution in [3.63, 3.8) is 0 Å². The first-order valence-electron chi connectivity index (χ1n) is 30.9. The Labute approximate surface area is 551 Å². The van der Waals surface area contributed by atoms with E-state index >= 15 is 0 Å². The van der Waals surface area contributed by atoms with Gasteiger partial charge in [-0.2, -0.15) is 0 Å². The molecule has 10 N–H and O–H groups in total. The van der Waals surface area contributed by atoms with Crippen molar-refractivity contribution >= 4 is 46.7 Å². The predicted molar refractivity (Wildman–Crippen MR) is 344 cm³/mol. The van der Waals surface area contributed by atoms with Gasteiger partial charge < -0.3 is 70.5 Å². The summed E-state index contributed by atoms with van der Waals surface area (Å²) in [5, 5.41) is 63.5. The molecule has 24 heteroatoms. The molecule has 18 atom stereocenters. The number of thioether (sulfide) groups is 2. The van der Waals surface area contributed by atoms with Gasteiger partial charge in [-0.25, -0.2) is 17.6 Å². The first-order chi connectivity index (χ1) is 44.2. The molecule has 0 radical (unpaired) electrons. The van der Waals surface area contributed by atoms with Crippen LogP contribution in [0, 0.1) is 23.3 Å². The Bertz CT molecular complexity index is 3230. The third-order valence-corrected chi connectivity index (χ3v) is 20.8. The molecule has 0 aliphatic carbocycles. The van der Waals surface area contributed by atoms with E-state index < -0.39 is 107 Å². The highest BCUT2D eigenvalue weighted by atomic mass is 35.5. The highest BCUT2D eigenvalue weighted by molar-refractivity contribution is 7.99. The second kappa shape index (κ2) is 30.6. The summed E-state index contributed by atoms with van der Waals surface area (Å²) in [5.74, 6) is -0.556. The standard InChI is InChI=1S/2C34H39ClF2N2O6S/c2*1-46-34-31(42)29(40)30(41)32(45-34)19-4-8-26(35)20(13-19)12-18-2-6-23(7-3-18)44-24-10-11-39(16-24)22-15-28(38)33(43-17-22)25-14-21(36)5-9-27(25)37/h2*2-9,13-14,22,24,28-34,40-42H,10-12,15-17,38H2,1H3/t22-,24+,28-,29+,30+,31-,32-,33+,34+;22-,24-,28+,29-,30-,31+,32+,33-,34-/m01/s1. The molecule has 0 aromatic heterocycles. The first kappa shape index (κ1) is 68.7. The zero-order valence-corrected chi connectivity index (χ0v) is 53.8. The topological polar surface area (TPSA) is 235 Å². The van der Waals surface area contributed by atoms with E-state index in [1.165, 1.54) is 23.5 Å². The Balaban J connectivity index is 0.000000188. The summed E-state index contributed by atoms with van der Waals surface area (Å²) >= 11 is 15.6. The minimum atomic E-state index is -1.33. The van der Waals surface area contributed by atoms with Gasteiger partial charge in [0.25, 0.3) is 0 Å². The van der Waals surface area contributed by atoms with Gasteiger partial charge in [0.15, 0.2) is 0 Å². The van der Waals surface area contributed by atoms with Crippen LogP contribution in [0.1, 0.15) is 94.6 Å². The molecule has 6 aromatic rings. The van der Waals surface area contributed by atoms with E-state index in [0.717, 1.165) is 96.1 Å². The van der Waals surface area contributed by atoms with E-state index in [4.69, 9.17) is 63.1 Å². The zero-order valence-electron chi connectivity index (χ0n) is 50.7. The number of ether oxygens (including phenoxy) is 6. The molecule has 12 rings (SSSR count). The van der Waals surface area contributed by atoms with Crippen molar-refractivity contribution in [3.05, 3.63) is 199 Å². The summed E-state index contributed by atoms with van der Waals surface area (Å²) in [6.07, 6.45) is -3.04. The summed E-state index contributed by atoms with van der Waals surface area (Å²) in [7, 11) is 0. The average Bonchev–Trinajstić information content (AvgIpc) is 0.873. The van der Waals surface area contributed by atoms with Gasteiger partial charge in [0.1, 0.15) is 119 Å². The van der Waals surface area contributed by atoms with E-state index in [1.54, 1.807) is 36.8 Å². The Morgan fingerprint density at radius 1 is 0.500 bits per heavy atom. The fourth-order valence-electron chi connectivity index (χ4n) is 13.3. The van der Waals surface area contributed by atoms with Crippen LogP contribution < -0.4 is 20.9 Å². The zero-order chi connectivity index (χ0) is 65.1. The number of nitrogens with two attached hydrogens (primary N) is 2. The number of benzene rings is 6. The number of hydrogen-bond acceptors (Lipinski definition) is 18. The molecule has 0 amide bonds. The molecular formula is C68H78Cl2F4N4O12S2. The van der Waals surface area contributed by atoms with Crippen molar-refractivity contribution in [2.45, 2.75) is 147 Å². The molecule has 0 bridgehead atoms. The first-order valence-corrected chi connectivity index (χ1v) is 34.2. The number of rotatable bonds is 16. The maximum Gasteiger partial charge on any atom is 0.132 e. The lowest BCUT2D eigenvalue weighted by atomic mass is 9.92. The van der Waals surface area contributed by atoms with Crippen LogP contribution in [0.15, 0.2) is 121 Å². The van der Waals surface area contributed by atoms with Crippen LogP contribution in [-0.4, -0.2) is 176 Å². The molecule has 6 aliphatic heterocycles. The minimum Gasteiger partial charge on any atom is -0.489 e. The highest BCUT2D eigenvalue weighted by Gasteiger charge is 2.46. The maximum atomic E-state index is 14.3. The summed E-state index contributed by atoms with van der Waals surface area (Å²) in [6.45, 7) is 3.83. The highest BCUT2D eigenvalue weighted by Crippen LogP contribution is 2.41. The lowest BCUT2D eigenvalue weighted by Crippen LogP contribution is -2.52. The van der Waals surface area contributed by atoms with Gasteiger partial charge in [0.2, 0.25) is 0 Å². The molecule has 6 aromatic carbocycles. The maximum absolute atomic E-state index is 14.3. The fourth-order valence-corrected chi connectivity index (χ4v) is 15.0. The van der Waals surface area contributed by atoms with Gasteiger partial charge in [-0.05, 0) is 157 Å². The van der Waals surface area contributed by atoms with Gasteiger partial charge in [-0.1, -0.05) is 71.7 Å². The summed E-state index contributed by atoms with van der Waals surface area (Å²) in [4.78, 5) is 4.58. The Morgan fingerprint density at radius 2 is 0.891 bits per heavy atom. The second-order valence-electron chi connectivity index (χ2n) is 24.6. The second-order valence-corrected chi connectivity index (χ2v) is 27.3. The summed E-state index contributed by atoms with van der Waals surface area (Å²) in [6, 6.07) is 32.4. The van der Waals surface area contributed by atoms with E-state index in [9.17, 15) is 48.2 Å². The van der Waals surface area contributed by atoms with Crippen LogP contribution in [0.2, 0.25) is 10.0 Å². The number of hydrogen-bond donors (Lipinski definition) is 8. The van der Waals surface area contributed by atoms with Crippen molar-refractivity contribution in [3.8, 4) is 11.5 Å². The van der Waals surface area contributed by atoms with Crippen molar-refractivity contribution in [1.29, 1.82) is 0 Å². The van der Waals surface area contributed by atoms with Crippen molar-refractivity contribution in [1.82, 2.24) is 9.80 Å². The average molecular weight is 1350 g/mol. The normalized spacial score (nSPS) is 32.0. The molecule has 6 heterocycles. The van der Waals surface area contributed by atoms with E-state index in [-0.39, 0.29) is 35.4 Å². The molecule has 0 spiro atoms. The predicted octanol–water partition coefficient (Wildman–Crippen LogP) is 8.73. The van der Waals surface area contributed by atoms with E-state index in [1.807, 2.05) is 60.7 Å². The number of halogens is 6. The van der Waals surface area contributed by atoms with Crippen LogP contribution in [0.5, 0.6) is 11.5 Å². The Kier molecular flexibility index (Phi) is 22.9. The monoisotopic (exact) mass is 1350 g/mol. The van der Waals surface area contributed by atoms with Gasteiger partial charge >= 0.3 is 0 Å². The van der Waals surface area contributed by atoms with Gasteiger partial charge in [-0.3, -0.25) is 9.80 Å². The molecule has 6 fully saturated rings. The molecule has 16 nitrogen and oxygen atoms in total. The molecule has 6 aliphatic rings. The summed E-state index contributed by atoms with van der Waals surface area (Å²) < 4.78 is 92.5. The Morgan fingerprint density at radius 3 is 1.26 bits per heavy atom. The van der Waals surface area contributed by atoms with Crippen LogP contribution >= 0.6 is 46.7 Å². The number of likely N-dealkylation sites (tertiary alicyclic amines) is 2. The summed E-state index contributed by atoms with van der Waals surface area (Å²) in [5.41, 5.74) is 16.8. The largest absolute Gasteiger partial charge is 0.489 e. The van der Waals surface area contributed by atoms with Gasteiger partial charge in [-0.15, -0.1) is 23.5 Å². The van der Waals surface area contributed by atoms with E-state index in [0.29, 0.717) is 73.2 Å². The SMILES string of the molecule is CS[C@H]1O[C@@H](c2ccc(Cl)c(Cc3ccc(O[C@@H]4CCN([C@@H]5CO[C@H](c6cc(F)ccc6F)[C@@H](N)C5)C4)cc3)c2)[C@H](O)[C@@H](O)[C@@H]1O.CS[C@H]1O[C@@H](c2ccc(Cl)c(Cc3ccc(O[C@@H]4CCN([C@H]5CO[C@H](c6cc(F)ccc6F)[C@@H](N)C5)C4)cc3)c2)[C@H](O)[C@@H](O)[C@@H]1O. The molecule has 0 saturated carbocycles. The van der Waals surface area contributed by atoms with Gasteiger partial charge in [0, 0.05) is 71.5 Å². The van der Waals surface area contributed by atoms with Crippen LogP contribution in [0.25, 0.3) is 0 Å².